The maximum Gasteiger partial charge on any atom is 0.227 e. The summed E-state index contributed by atoms with van der Waals surface area (Å²) in [7, 11) is 0. The first-order chi connectivity index (χ1) is 31.8. The molecule has 0 N–H and O–H groups in total. The van der Waals surface area contributed by atoms with Crippen molar-refractivity contribution in [1.82, 2.24) is 0 Å². The summed E-state index contributed by atoms with van der Waals surface area (Å²) in [6.45, 7) is 0.296. The van der Waals surface area contributed by atoms with Gasteiger partial charge >= 0.3 is 0 Å². The second-order valence-electron chi connectivity index (χ2n) is 13.9. The van der Waals surface area contributed by atoms with E-state index in [-0.39, 0.29) is 5.78 Å². The second kappa shape index (κ2) is 19.4. The summed E-state index contributed by atoms with van der Waals surface area (Å²) < 4.78 is 297. The van der Waals surface area contributed by atoms with Crippen LogP contribution in [-0.4, -0.2) is 11.9 Å². The van der Waals surface area contributed by atoms with E-state index in [1.165, 1.54) is 0 Å². The van der Waals surface area contributed by atoms with Crippen LogP contribution in [0, 0.1) is 116 Å². The molecule has 7 aromatic rings. The molecule has 1 heterocycles. The van der Waals surface area contributed by atoms with Gasteiger partial charge in [0.2, 0.25) is 23.5 Å². The smallest absolute Gasteiger partial charge is 0.227 e. The van der Waals surface area contributed by atoms with Crippen LogP contribution >= 0.6 is 31.9 Å². The molecule has 354 valence electrons. The largest absolute Gasteiger partial charge is 0.287 e. The molecule has 68 heavy (non-hydrogen) atoms. The number of para-hydroxylation sites is 1. The molecule has 0 aliphatic rings. The number of carbonyl (C=O) groups excluding carboxylic acids is 1. The summed E-state index contributed by atoms with van der Waals surface area (Å²) in [4.78, 5) is 12.6. The molecule has 1 aromatic heterocycles. The molecule has 0 bridgehead atoms. The Hall–Kier alpha value is -6.24. The summed E-state index contributed by atoms with van der Waals surface area (Å²) in [5.41, 5.74) is -11.6. The van der Waals surface area contributed by atoms with E-state index in [4.69, 9.17) is 0 Å². The lowest BCUT2D eigenvalue weighted by molar-refractivity contribution is -0.658. The zero-order valence-corrected chi connectivity index (χ0v) is 35.6. The lowest BCUT2D eigenvalue weighted by Crippen LogP contribution is -2.81. The minimum Gasteiger partial charge on any atom is -0.287 e. The van der Waals surface area contributed by atoms with E-state index in [2.05, 4.69) is 44.0 Å². The molecule has 2 nitrogen and oxygen atoms in total. The quantitative estimate of drug-likeness (QED) is 0.0371. The third kappa shape index (κ3) is 8.29. The van der Waals surface area contributed by atoms with Crippen molar-refractivity contribution < 1.29 is 97.2 Å². The Balaban J connectivity index is 0.000000276. The number of Topliss-reactive ketones (excluding diaryl/α,β-unsaturated/α-hetero) is 1. The fourth-order valence-corrected chi connectivity index (χ4v) is 7.90. The van der Waals surface area contributed by atoms with E-state index >= 15 is 35.1 Å². The average molecular weight is 1110 g/mol. The van der Waals surface area contributed by atoms with Gasteiger partial charge in [-0.25, -0.2) is 87.8 Å². The first kappa shape index (κ1) is 51.2. The van der Waals surface area contributed by atoms with E-state index in [1.807, 2.05) is 65.2 Å². The zero-order chi connectivity index (χ0) is 50.6. The number of hydrogen-bond acceptors (Lipinski definition) is 1. The molecule has 0 aliphatic heterocycles. The molecule has 0 amide bonds. The Labute approximate surface area is 382 Å². The number of halogens is 22. The summed E-state index contributed by atoms with van der Waals surface area (Å²) in [5, 5.41) is 1.11. The molecular weight excluding hydrogens is 1100 g/mol. The Bertz CT molecular complexity index is 2880. The number of carbonyl (C=O) groups is 1. The maximum absolute atomic E-state index is 15.4. The second-order valence-corrected chi connectivity index (χ2v) is 16.7. The van der Waals surface area contributed by atoms with Crippen LogP contribution in [0.3, 0.4) is 0 Å². The van der Waals surface area contributed by atoms with Crippen molar-refractivity contribution in [3.63, 3.8) is 0 Å². The highest BCUT2D eigenvalue weighted by Gasteiger charge is 2.52. The number of hydrogen-bond donors (Lipinski definition) is 0. The Morgan fingerprint density at radius 2 is 0.691 bits per heavy atom. The van der Waals surface area contributed by atoms with Crippen molar-refractivity contribution in [3.8, 4) is 0 Å². The van der Waals surface area contributed by atoms with Gasteiger partial charge in [0.15, 0.2) is 69.8 Å². The average Bonchev–Trinajstić information content (AvgIpc) is 3.32. The van der Waals surface area contributed by atoms with E-state index in [1.54, 1.807) is 0 Å². The van der Waals surface area contributed by atoms with Gasteiger partial charge in [-0.3, -0.25) is 4.79 Å². The van der Waals surface area contributed by atoms with Gasteiger partial charge in [-0.1, -0.05) is 42.5 Å². The minimum atomic E-state index is -7.22. The molecule has 0 radical (unpaired) electrons. The molecular formula is C43H14BBr2F20NO. The number of fused-ring (bicyclic) bond motifs is 1. The predicted molar refractivity (Wildman–Crippen MR) is 210 cm³/mol. The van der Waals surface area contributed by atoms with Crippen molar-refractivity contribution >= 4 is 82.6 Å². The molecule has 25 heteroatoms. The third-order valence-corrected chi connectivity index (χ3v) is 10.8. The summed E-state index contributed by atoms with van der Waals surface area (Å²) in [6, 6.07) is 21.5. The molecule has 0 fully saturated rings. The number of nitrogens with zero attached hydrogens (tertiary/aromatic N) is 1. The topological polar surface area (TPSA) is 20.9 Å². The van der Waals surface area contributed by atoms with Crippen molar-refractivity contribution in [1.29, 1.82) is 0 Å². The van der Waals surface area contributed by atoms with Gasteiger partial charge in [0.05, 0.1) is 3.39 Å². The van der Waals surface area contributed by atoms with Gasteiger partial charge in [-0.2, -0.15) is 4.57 Å². The van der Waals surface area contributed by atoms with Crippen molar-refractivity contribution in [2.75, 3.05) is 0 Å². The number of ketones is 1. The zero-order valence-electron chi connectivity index (χ0n) is 32.4. The van der Waals surface area contributed by atoms with Crippen molar-refractivity contribution in [2.24, 2.45) is 0 Å². The molecule has 0 saturated heterocycles. The van der Waals surface area contributed by atoms with Crippen LogP contribution in [0.2, 0.25) is 0 Å². The Morgan fingerprint density at radius 3 is 1.01 bits per heavy atom. The first-order valence-corrected chi connectivity index (χ1v) is 19.7. The highest BCUT2D eigenvalue weighted by Crippen LogP contribution is 2.31. The number of rotatable bonds is 8. The fourth-order valence-electron chi connectivity index (χ4n) is 7.43. The number of pyridine rings is 1. The fraction of sp³-hybridized carbons (Fsp3) is 0.0233. The van der Waals surface area contributed by atoms with Gasteiger partial charge in [0.25, 0.3) is 0 Å². The van der Waals surface area contributed by atoms with Gasteiger partial charge in [0.1, 0.15) is 52.7 Å². The summed E-state index contributed by atoms with van der Waals surface area (Å²) >= 11 is 6.80. The van der Waals surface area contributed by atoms with E-state index in [9.17, 15) is 57.5 Å². The van der Waals surface area contributed by atoms with Crippen LogP contribution in [0.5, 0.6) is 0 Å². The lowest BCUT2D eigenvalue weighted by Gasteiger charge is -2.44. The number of aromatic nitrogens is 1. The molecule has 0 unspecified atom stereocenters. The molecule has 0 atom stereocenters. The van der Waals surface area contributed by atoms with Crippen LogP contribution in [0.25, 0.3) is 17.0 Å². The Kier molecular flexibility index (Phi) is 14.6. The predicted octanol–water partition coefficient (Wildman–Crippen LogP) is 10.9. The third-order valence-electron chi connectivity index (χ3n) is 10.3. The van der Waals surface area contributed by atoms with Gasteiger partial charge < -0.3 is 0 Å². The summed E-state index contributed by atoms with van der Waals surface area (Å²) in [6.07, 6.45) is -5.27. The van der Waals surface area contributed by atoms with Crippen LogP contribution in [0.4, 0.5) is 87.8 Å². The van der Waals surface area contributed by atoms with Gasteiger partial charge in [-0.15, -0.1) is 21.9 Å². The van der Waals surface area contributed by atoms with E-state index in [0.717, 1.165) is 25.6 Å². The minimum absolute atomic E-state index is 0.0901. The normalized spacial score (nSPS) is 11.5. The molecule has 0 aliphatic carbocycles. The first-order valence-electron chi connectivity index (χ1n) is 18.1. The Morgan fingerprint density at radius 1 is 0.397 bits per heavy atom. The molecule has 6 aromatic carbocycles. The van der Waals surface area contributed by atoms with Crippen LogP contribution in [0.1, 0.15) is 16.1 Å². The van der Waals surface area contributed by atoms with Crippen LogP contribution in [0.15, 0.2) is 70.1 Å². The van der Waals surface area contributed by atoms with E-state index in [0.29, 0.717) is 6.54 Å². The highest BCUT2D eigenvalue weighted by molar-refractivity contribution is 9.28. The molecule has 0 saturated carbocycles. The van der Waals surface area contributed by atoms with Crippen molar-refractivity contribution in [3.05, 3.63) is 198 Å². The maximum atomic E-state index is 15.4. The van der Waals surface area contributed by atoms with Crippen LogP contribution < -0.4 is 26.4 Å². The van der Waals surface area contributed by atoms with Gasteiger partial charge in [0, 0.05) is 29.2 Å². The molecule has 7 rings (SSSR count). The standard InChI is InChI=1S/C24BF20.C19H14Br2NO/c26-5-1(6(27)14(35)21(42)13(5)34)25(2-7(28)15(36)22(43)16(37)8(2)29,3-9(30)17(38)23(44)18(39)10(3)31)4-11(32)19(40)24(45)20(41)12(4)33;20-19(21)12-16-11-10-14-6-4-5-9-17(14)22(16)13-18(23)15-7-2-1-3-8-15/h;1-12H,13H2/q-1;+1. The van der Waals surface area contributed by atoms with E-state index < -0.39 is 144 Å². The monoisotopic (exact) mass is 1110 g/mol. The van der Waals surface area contributed by atoms with Gasteiger partial charge in [-0.05, 0) is 44.0 Å². The molecule has 0 spiro atoms. The van der Waals surface area contributed by atoms with Crippen molar-refractivity contribution in [2.45, 2.75) is 6.54 Å². The lowest BCUT2D eigenvalue weighted by atomic mass is 9.12. The number of benzene rings is 6. The summed E-state index contributed by atoms with van der Waals surface area (Å²) in [5.74, 6) is -71.3. The van der Waals surface area contributed by atoms with Crippen LogP contribution in [-0.2, 0) is 6.54 Å². The highest BCUT2D eigenvalue weighted by atomic mass is 79.9. The SMILES string of the molecule is Fc1c(F)c(F)c([B-](c2c(F)c(F)c(F)c(F)c2F)(c2c(F)c(F)c(F)c(F)c2F)c2c(F)c(F)c(F)c(F)c2F)c(F)c1F.O=C(C[n+]1c(C=C(Br)Br)ccc2ccccc21)c1ccccc1.